The number of halogens is 2. The molecule has 5 nitrogen and oxygen atoms in total. The first-order valence-corrected chi connectivity index (χ1v) is 7.12. The Labute approximate surface area is 119 Å². The van der Waals surface area contributed by atoms with Gasteiger partial charge in [0.15, 0.2) is 0 Å². The maximum Gasteiger partial charge on any atom is 0.264 e. The molecule has 0 bridgehead atoms. The van der Waals surface area contributed by atoms with E-state index < -0.39 is 20.7 Å². The quantitative estimate of drug-likeness (QED) is 0.944. The molecular weight excluding hydrogens is 305 g/mol. The van der Waals surface area contributed by atoms with Gasteiger partial charge in [-0.15, -0.1) is 0 Å². The van der Waals surface area contributed by atoms with Crippen molar-refractivity contribution in [2.24, 2.45) is 0 Å². The first kappa shape index (κ1) is 14.2. The lowest BCUT2D eigenvalue weighted by molar-refractivity contribution is 0.595. The molecule has 8 heteroatoms. The maximum atomic E-state index is 13.1. The van der Waals surface area contributed by atoms with Crippen molar-refractivity contribution in [1.82, 2.24) is 4.98 Å². The average molecular weight is 312 g/mol. The number of anilines is 1. The molecule has 0 atom stereocenters. The molecule has 0 fully saturated rings. The van der Waals surface area contributed by atoms with Crippen molar-refractivity contribution in [3.63, 3.8) is 0 Å². The molecule has 102 valence electrons. The van der Waals surface area contributed by atoms with Crippen molar-refractivity contribution in [3.8, 4) is 6.07 Å². The number of pyridine rings is 1. The van der Waals surface area contributed by atoms with Crippen molar-refractivity contribution < 1.29 is 12.8 Å². The van der Waals surface area contributed by atoms with E-state index in [2.05, 4.69) is 9.71 Å². The van der Waals surface area contributed by atoms with E-state index in [1.165, 1.54) is 18.3 Å². The van der Waals surface area contributed by atoms with E-state index in [-0.39, 0.29) is 16.4 Å². The summed E-state index contributed by atoms with van der Waals surface area (Å²) in [4.78, 5) is 3.37. The summed E-state index contributed by atoms with van der Waals surface area (Å²) in [6.07, 6.45) is 1.28. The van der Waals surface area contributed by atoms with Gasteiger partial charge in [-0.2, -0.15) is 5.26 Å². The largest absolute Gasteiger partial charge is 0.264 e. The fraction of sp³-hybridized carbons (Fsp3) is 0. The number of nitriles is 1. The van der Waals surface area contributed by atoms with Crippen LogP contribution >= 0.6 is 11.6 Å². The number of nitrogens with zero attached hydrogens (tertiary/aromatic N) is 2. The second kappa shape index (κ2) is 5.45. The van der Waals surface area contributed by atoms with Crippen LogP contribution in [0.5, 0.6) is 0 Å². The Morgan fingerprint density at radius 1 is 1.30 bits per heavy atom. The summed E-state index contributed by atoms with van der Waals surface area (Å²) in [7, 11) is -4.09. The third-order valence-electron chi connectivity index (χ3n) is 2.31. The number of hydrogen-bond acceptors (Lipinski definition) is 4. The molecular formula is C12H7ClFN3O2S. The predicted molar refractivity (Wildman–Crippen MR) is 71.2 cm³/mol. The molecule has 1 aromatic carbocycles. The Balaban J connectivity index is 2.41. The predicted octanol–water partition coefficient (Wildman–Crippen LogP) is 2.55. The highest BCUT2D eigenvalue weighted by molar-refractivity contribution is 7.92. The summed E-state index contributed by atoms with van der Waals surface area (Å²) in [5.74, 6) is -0.780. The minimum absolute atomic E-state index is 0.0515. The number of nitrogens with one attached hydrogen (secondary N) is 1. The van der Waals surface area contributed by atoms with Gasteiger partial charge in [-0.05, 0) is 30.3 Å². The molecule has 1 heterocycles. The first-order chi connectivity index (χ1) is 9.42. The van der Waals surface area contributed by atoms with Gasteiger partial charge in [0.2, 0.25) is 0 Å². The molecule has 0 aliphatic rings. The van der Waals surface area contributed by atoms with Crippen LogP contribution in [0.2, 0.25) is 5.02 Å². The van der Waals surface area contributed by atoms with E-state index in [0.29, 0.717) is 0 Å². The molecule has 1 aromatic heterocycles. The number of rotatable bonds is 3. The van der Waals surface area contributed by atoms with E-state index >= 15 is 0 Å². The van der Waals surface area contributed by atoms with Gasteiger partial charge in [-0.1, -0.05) is 11.6 Å². The van der Waals surface area contributed by atoms with E-state index in [4.69, 9.17) is 16.9 Å². The second-order valence-corrected chi connectivity index (χ2v) is 5.78. The molecule has 0 aliphatic carbocycles. The molecule has 20 heavy (non-hydrogen) atoms. The third kappa shape index (κ3) is 3.04. The lowest BCUT2D eigenvalue weighted by Gasteiger charge is -2.08. The van der Waals surface area contributed by atoms with Gasteiger partial charge in [0.05, 0.1) is 16.7 Å². The molecule has 0 unspecified atom stereocenters. The van der Waals surface area contributed by atoms with Crippen molar-refractivity contribution >= 4 is 27.4 Å². The summed E-state index contributed by atoms with van der Waals surface area (Å²) < 4.78 is 39.4. The van der Waals surface area contributed by atoms with Gasteiger partial charge in [0, 0.05) is 6.20 Å². The first-order valence-electron chi connectivity index (χ1n) is 5.26. The topological polar surface area (TPSA) is 82.8 Å². The lowest BCUT2D eigenvalue weighted by Crippen LogP contribution is -2.14. The van der Waals surface area contributed by atoms with Crippen molar-refractivity contribution in [1.29, 1.82) is 5.26 Å². The minimum atomic E-state index is -4.09. The zero-order valence-corrected chi connectivity index (χ0v) is 11.4. The molecule has 0 amide bonds. The SMILES string of the molecule is N#Cc1ccnc(NS(=O)(=O)c2cc(F)ccc2Cl)c1. The van der Waals surface area contributed by atoms with Gasteiger partial charge in [-0.3, -0.25) is 4.72 Å². The summed E-state index contributed by atoms with van der Waals surface area (Å²) in [5.41, 5.74) is 0.239. The number of aromatic nitrogens is 1. The van der Waals surface area contributed by atoms with Crippen LogP contribution in [0.1, 0.15) is 5.56 Å². The Morgan fingerprint density at radius 2 is 2.05 bits per heavy atom. The van der Waals surface area contributed by atoms with Crippen LogP contribution < -0.4 is 4.72 Å². The van der Waals surface area contributed by atoms with Crippen LogP contribution in [0.3, 0.4) is 0 Å². The molecule has 2 rings (SSSR count). The van der Waals surface area contributed by atoms with E-state index in [0.717, 1.165) is 18.2 Å². The fourth-order valence-electron chi connectivity index (χ4n) is 1.43. The highest BCUT2D eigenvalue weighted by Gasteiger charge is 2.19. The maximum absolute atomic E-state index is 13.1. The third-order valence-corrected chi connectivity index (χ3v) is 4.15. The van der Waals surface area contributed by atoms with Crippen LogP contribution in [0, 0.1) is 17.1 Å². The van der Waals surface area contributed by atoms with E-state index in [1.807, 2.05) is 6.07 Å². The normalized spacial score (nSPS) is 10.8. The summed E-state index contributed by atoms with van der Waals surface area (Å²) >= 11 is 5.75. The molecule has 0 saturated carbocycles. The van der Waals surface area contributed by atoms with Crippen LogP contribution in [-0.4, -0.2) is 13.4 Å². The van der Waals surface area contributed by atoms with E-state index in [9.17, 15) is 12.8 Å². The van der Waals surface area contributed by atoms with Crippen LogP contribution in [0.4, 0.5) is 10.2 Å². The average Bonchev–Trinajstić information content (AvgIpc) is 2.41. The Hall–Kier alpha value is -2.17. The molecule has 1 N–H and O–H groups in total. The van der Waals surface area contributed by atoms with Crippen molar-refractivity contribution in [2.45, 2.75) is 4.90 Å². The number of benzene rings is 1. The van der Waals surface area contributed by atoms with Crippen LogP contribution in [0.25, 0.3) is 0 Å². The lowest BCUT2D eigenvalue weighted by atomic mass is 10.3. The van der Waals surface area contributed by atoms with Crippen molar-refractivity contribution in [2.75, 3.05) is 4.72 Å². The van der Waals surface area contributed by atoms with Gasteiger partial charge < -0.3 is 0 Å². The van der Waals surface area contributed by atoms with Gasteiger partial charge >= 0.3 is 0 Å². The Bertz CT molecular complexity index is 803. The second-order valence-electron chi connectivity index (χ2n) is 3.72. The van der Waals surface area contributed by atoms with Gasteiger partial charge in [0.1, 0.15) is 16.5 Å². The molecule has 0 radical (unpaired) electrons. The van der Waals surface area contributed by atoms with Gasteiger partial charge in [-0.25, -0.2) is 17.8 Å². The number of sulfonamides is 1. The minimum Gasteiger partial charge on any atom is -0.263 e. The monoisotopic (exact) mass is 311 g/mol. The molecule has 0 spiro atoms. The Kier molecular flexibility index (Phi) is 3.88. The summed E-state index contributed by atoms with van der Waals surface area (Å²) in [6, 6.07) is 7.53. The van der Waals surface area contributed by atoms with Crippen LogP contribution in [0.15, 0.2) is 41.4 Å². The highest BCUT2D eigenvalue weighted by Crippen LogP contribution is 2.24. The van der Waals surface area contributed by atoms with E-state index in [1.54, 1.807) is 0 Å². The smallest absolute Gasteiger partial charge is 0.263 e. The Morgan fingerprint density at radius 3 is 2.75 bits per heavy atom. The summed E-state index contributed by atoms with van der Waals surface area (Å²) in [6.45, 7) is 0. The molecule has 0 aliphatic heterocycles. The zero-order valence-electron chi connectivity index (χ0n) is 9.84. The summed E-state index contributed by atoms with van der Waals surface area (Å²) in [5, 5.41) is 8.62. The van der Waals surface area contributed by atoms with Crippen LogP contribution in [-0.2, 0) is 10.0 Å². The zero-order chi connectivity index (χ0) is 14.8. The van der Waals surface area contributed by atoms with Crippen molar-refractivity contribution in [3.05, 3.63) is 52.9 Å². The number of hydrogen-bond donors (Lipinski definition) is 1. The highest BCUT2D eigenvalue weighted by atomic mass is 35.5. The van der Waals surface area contributed by atoms with Gasteiger partial charge in [0.25, 0.3) is 10.0 Å². The molecule has 2 aromatic rings. The standard InChI is InChI=1S/C12H7ClFN3O2S/c13-10-2-1-9(14)6-11(10)20(18,19)17-12-5-8(7-15)3-4-16-12/h1-6H,(H,16,17). The fourth-order valence-corrected chi connectivity index (χ4v) is 2.94. The molecule has 0 saturated heterocycles.